The van der Waals surface area contributed by atoms with Crippen molar-refractivity contribution >= 4 is 23.6 Å². The monoisotopic (exact) mass is 736 g/mol. The van der Waals surface area contributed by atoms with E-state index in [1.807, 2.05) is 84.9 Å². The van der Waals surface area contributed by atoms with Gasteiger partial charge in [-0.15, -0.1) is 5.10 Å². The predicted octanol–water partition coefficient (Wildman–Crippen LogP) is 6.62. The summed E-state index contributed by atoms with van der Waals surface area (Å²) in [5, 5.41) is 34.3. The molecule has 1 saturated heterocycles. The number of aromatic nitrogens is 4. The van der Waals surface area contributed by atoms with Gasteiger partial charge < -0.3 is 19.9 Å². The molecule has 12 nitrogen and oxygen atoms in total. The van der Waals surface area contributed by atoms with Crippen molar-refractivity contribution < 1.29 is 29.4 Å². The standard InChI is InChI=1S/C40H44N6O6S/c47-26-28-16-18-30(19-17-28)36-24-34(27-53-40-42-44-45-46(40)33-11-4-3-5-12-33)51-39(52-36)31-22-20-29(21-23-31)35-13-9-8-10-32(35)25-41-37(48)14-6-1-2-7-15-38(49)43-50/h3-5,8-13,16-23,34,36,39,47,50H,1-2,6-7,14-15,24-27H2,(H,41,48)(H,43,49)/t34-,36+,39+/m1/s1. The van der Waals surface area contributed by atoms with Crippen LogP contribution in [0.25, 0.3) is 16.8 Å². The quantitative estimate of drug-likeness (QED) is 0.0354. The Morgan fingerprint density at radius 1 is 0.811 bits per heavy atom. The molecule has 6 rings (SSSR count). The van der Waals surface area contributed by atoms with E-state index in [1.165, 1.54) is 11.8 Å². The number of benzene rings is 4. The molecule has 13 heteroatoms. The number of nitrogens with zero attached hydrogens (tertiary/aromatic N) is 4. The molecule has 276 valence electrons. The Morgan fingerprint density at radius 3 is 2.25 bits per heavy atom. The molecule has 5 aromatic rings. The zero-order chi connectivity index (χ0) is 36.8. The van der Waals surface area contributed by atoms with Crippen molar-refractivity contribution in [2.45, 2.75) is 81.8 Å². The van der Waals surface area contributed by atoms with Crippen LogP contribution in [0.4, 0.5) is 0 Å². The summed E-state index contributed by atoms with van der Waals surface area (Å²) in [7, 11) is 0. The summed E-state index contributed by atoms with van der Waals surface area (Å²) in [6, 6.07) is 33.8. The summed E-state index contributed by atoms with van der Waals surface area (Å²) in [4.78, 5) is 23.7. The molecule has 2 amide bonds. The third kappa shape index (κ3) is 10.6. The summed E-state index contributed by atoms with van der Waals surface area (Å²) < 4.78 is 14.9. The topological polar surface area (TPSA) is 161 Å². The number of hydroxylamine groups is 1. The van der Waals surface area contributed by atoms with Gasteiger partial charge in [-0.05, 0) is 63.2 Å². The summed E-state index contributed by atoms with van der Waals surface area (Å²) >= 11 is 1.53. The Morgan fingerprint density at radius 2 is 1.51 bits per heavy atom. The van der Waals surface area contributed by atoms with E-state index < -0.39 is 6.29 Å². The second-order valence-corrected chi connectivity index (χ2v) is 13.9. The Hall–Kier alpha value is -4.92. The molecule has 53 heavy (non-hydrogen) atoms. The summed E-state index contributed by atoms with van der Waals surface area (Å²) in [6.07, 6.45) is 3.40. The summed E-state index contributed by atoms with van der Waals surface area (Å²) in [6.45, 7) is 0.386. The lowest BCUT2D eigenvalue weighted by Crippen LogP contribution is -2.31. The smallest absolute Gasteiger partial charge is 0.243 e. The van der Waals surface area contributed by atoms with Crippen molar-refractivity contribution in [3.8, 4) is 16.8 Å². The molecular weight excluding hydrogens is 693 g/mol. The van der Waals surface area contributed by atoms with Crippen molar-refractivity contribution in [2.75, 3.05) is 5.75 Å². The van der Waals surface area contributed by atoms with Crippen LogP contribution in [-0.2, 0) is 32.2 Å². The minimum atomic E-state index is -0.614. The first-order chi connectivity index (χ1) is 26.0. The molecule has 0 saturated carbocycles. The number of para-hydroxylation sites is 1. The third-order valence-electron chi connectivity index (χ3n) is 9.12. The fraction of sp³-hybridized carbons (Fsp3) is 0.325. The highest BCUT2D eigenvalue weighted by atomic mass is 32.2. The number of aliphatic hydroxyl groups excluding tert-OH is 1. The van der Waals surface area contributed by atoms with Crippen LogP contribution in [0.2, 0.25) is 0 Å². The van der Waals surface area contributed by atoms with Gasteiger partial charge in [0.15, 0.2) is 6.29 Å². The highest BCUT2D eigenvalue weighted by Gasteiger charge is 2.33. The first-order valence-electron chi connectivity index (χ1n) is 17.9. The highest BCUT2D eigenvalue weighted by Crippen LogP contribution is 2.40. The first kappa shape index (κ1) is 37.8. The van der Waals surface area contributed by atoms with Gasteiger partial charge in [-0.2, -0.15) is 4.68 Å². The molecule has 0 bridgehead atoms. The molecule has 0 radical (unpaired) electrons. The number of aliphatic hydroxyl groups is 1. The zero-order valence-electron chi connectivity index (χ0n) is 29.3. The molecule has 0 spiro atoms. The minimum Gasteiger partial charge on any atom is -0.392 e. The number of ether oxygens (including phenoxy) is 2. The molecule has 3 atom stereocenters. The average Bonchev–Trinajstić information content (AvgIpc) is 3.69. The number of hydrogen-bond donors (Lipinski definition) is 4. The summed E-state index contributed by atoms with van der Waals surface area (Å²) in [5.74, 6) is 0.208. The molecule has 1 fully saturated rings. The number of thioether (sulfide) groups is 1. The summed E-state index contributed by atoms with van der Waals surface area (Å²) in [5.41, 5.74) is 8.31. The van der Waals surface area contributed by atoms with E-state index in [-0.39, 0.29) is 37.0 Å². The largest absolute Gasteiger partial charge is 0.392 e. The van der Waals surface area contributed by atoms with Crippen LogP contribution in [0.5, 0.6) is 0 Å². The van der Waals surface area contributed by atoms with E-state index >= 15 is 0 Å². The Balaban J connectivity index is 1.10. The SMILES string of the molecule is O=C(CCCCCCC(=O)NCc1ccccc1-c1ccc([C@H]2O[C@@H](CSc3nnnn3-c3ccccc3)C[C@@H](c3ccc(CO)cc3)O2)cc1)NO. The first-order valence-corrected chi connectivity index (χ1v) is 18.8. The zero-order valence-corrected chi connectivity index (χ0v) is 30.2. The highest BCUT2D eigenvalue weighted by molar-refractivity contribution is 7.99. The lowest BCUT2D eigenvalue weighted by molar-refractivity contribution is -0.245. The van der Waals surface area contributed by atoms with Crippen LogP contribution in [0.1, 0.15) is 79.6 Å². The van der Waals surface area contributed by atoms with Gasteiger partial charge in [0.2, 0.25) is 17.0 Å². The number of tetrazole rings is 1. The number of nitrogens with one attached hydrogen (secondary N) is 2. The molecule has 0 aliphatic carbocycles. The second kappa shape index (κ2) is 19.2. The van der Waals surface area contributed by atoms with Gasteiger partial charge in [0, 0.05) is 37.1 Å². The fourth-order valence-electron chi connectivity index (χ4n) is 6.23. The maximum atomic E-state index is 12.6. The van der Waals surface area contributed by atoms with Crippen LogP contribution in [0.3, 0.4) is 0 Å². The van der Waals surface area contributed by atoms with E-state index in [0.29, 0.717) is 36.7 Å². The van der Waals surface area contributed by atoms with Crippen LogP contribution >= 0.6 is 11.8 Å². The molecular formula is C40H44N6O6S. The van der Waals surface area contributed by atoms with Crippen molar-refractivity contribution in [3.05, 3.63) is 125 Å². The molecule has 1 aliphatic heterocycles. The number of amides is 2. The van der Waals surface area contributed by atoms with E-state index in [9.17, 15) is 14.7 Å². The lowest BCUT2D eigenvalue weighted by atomic mass is 9.97. The van der Waals surface area contributed by atoms with Gasteiger partial charge in [0.05, 0.1) is 24.5 Å². The van der Waals surface area contributed by atoms with E-state index in [2.05, 4.69) is 39.0 Å². The maximum absolute atomic E-state index is 12.6. The Kier molecular flexibility index (Phi) is 13.7. The van der Waals surface area contributed by atoms with Gasteiger partial charge in [0.1, 0.15) is 0 Å². The molecule has 1 aliphatic rings. The Bertz CT molecular complexity index is 1910. The van der Waals surface area contributed by atoms with E-state index in [1.54, 1.807) is 10.2 Å². The molecule has 4 aromatic carbocycles. The average molecular weight is 737 g/mol. The van der Waals surface area contributed by atoms with Gasteiger partial charge in [-0.3, -0.25) is 14.8 Å². The maximum Gasteiger partial charge on any atom is 0.243 e. The molecule has 4 N–H and O–H groups in total. The van der Waals surface area contributed by atoms with Gasteiger partial charge in [0.25, 0.3) is 0 Å². The molecule has 1 aromatic heterocycles. The van der Waals surface area contributed by atoms with Gasteiger partial charge in [-0.25, -0.2) is 5.48 Å². The molecule has 0 unspecified atom stereocenters. The van der Waals surface area contributed by atoms with Gasteiger partial charge in [-0.1, -0.05) is 116 Å². The number of hydrogen-bond acceptors (Lipinski definition) is 10. The third-order valence-corrected chi connectivity index (χ3v) is 10.2. The number of carbonyl (C=O) groups excluding carboxylic acids is 2. The molecule has 2 heterocycles. The van der Waals surface area contributed by atoms with Crippen LogP contribution in [0.15, 0.2) is 108 Å². The van der Waals surface area contributed by atoms with E-state index in [0.717, 1.165) is 58.3 Å². The second-order valence-electron chi connectivity index (χ2n) is 12.9. The van der Waals surface area contributed by atoms with Crippen molar-refractivity contribution in [1.82, 2.24) is 31.0 Å². The van der Waals surface area contributed by atoms with Crippen molar-refractivity contribution in [2.24, 2.45) is 0 Å². The van der Waals surface area contributed by atoms with Crippen LogP contribution < -0.4 is 10.8 Å². The fourth-order valence-corrected chi connectivity index (χ4v) is 7.14. The predicted molar refractivity (Wildman–Crippen MR) is 200 cm³/mol. The number of carbonyl (C=O) groups is 2. The van der Waals surface area contributed by atoms with E-state index in [4.69, 9.17) is 14.7 Å². The normalized spacial score (nSPS) is 17.0. The lowest BCUT2D eigenvalue weighted by Gasteiger charge is -2.36. The van der Waals surface area contributed by atoms with Gasteiger partial charge >= 0.3 is 0 Å². The Labute approximate surface area is 312 Å². The van der Waals surface area contributed by atoms with Crippen molar-refractivity contribution in [3.63, 3.8) is 0 Å². The van der Waals surface area contributed by atoms with Crippen LogP contribution in [0, 0.1) is 0 Å². The van der Waals surface area contributed by atoms with Crippen molar-refractivity contribution in [1.29, 1.82) is 0 Å². The number of rotatable bonds is 17. The van der Waals surface area contributed by atoms with Crippen LogP contribution in [-0.4, -0.2) is 54.2 Å². The number of unbranched alkanes of at least 4 members (excludes halogenated alkanes) is 3. The minimum absolute atomic E-state index is 0.0142.